The van der Waals surface area contributed by atoms with Crippen molar-refractivity contribution in [2.75, 3.05) is 20.3 Å². The molecule has 2 N–H and O–H groups in total. The van der Waals surface area contributed by atoms with Gasteiger partial charge in [-0.3, -0.25) is 0 Å². The normalized spacial score (nSPS) is 10.0. The average molecular weight is 264 g/mol. The van der Waals surface area contributed by atoms with Gasteiger partial charge in [-0.2, -0.15) is 0 Å². The van der Waals surface area contributed by atoms with Crippen LogP contribution in [-0.2, 0) is 0 Å². The Morgan fingerprint density at radius 2 is 2.21 bits per heavy atom. The summed E-state index contributed by atoms with van der Waals surface area (Å²) in [5.41, 5.74) is 5.27. The van der Waals surface area contributed by atoms with Gasteiger partial charge in [0.25, 0.3) is 0 Å². The van der Waals surface area contributed by atoms with Gasteiger partial charge in [-0.05, 0) is 28.1 Å². The minimum absolute atomic E-state index is 0.0906. The molecular formula is C9H11BrFNO2. The van der Waals surface area contributed by atoms with Gasteiger partial charge in [0.15, 0.2) is 17.3 Å². The van der Waals surface area contributed by atoms with Gasteiger partial charge in [-0.25, -0.2) is 4.39 Å². The van der Waals surface area contributed by atoms with Crippen molar-refractivity contribution >= 4 is 15.9 Å². The number of ether oxygens (including phenoxy) is 2. The molecule has 0 spiro atoms. The second kappa shape index (κ2) is 5.17. The quantitative estimate of drug-likeness (QED) is 0.903. The highest BCUT2D eigenvalue weighted by atomic mass is 79.9. The maximum Gasteiger partial charge on any atom is 0.198 e. The average Bonchev–Trinajstić information content (AvgIpc) is 2.20. The summed E-state index contributed by atoms with van der Waals surface area (Å²) < 4.78 is 23.8. The molecule has 0 saturated heterocycles. The molecule has 0 aromatic heterocycles. The van der Waals surface area contributed by atoms with E-state index in [0.717, 1.165) is 0 Å². The van der Waals surface area contributed by atoms with Gasteiger partial charge in [-0.15, -0.1) is 0 Å². The number of hydrogen-bond donors (Lipinski definition) is 1. The first-order valence-corrected chi connectivity index (χ1v) is 4.85. The Hall–Kier alpha value is -0.810. The molecular weight excluding hydrogens is 253 g/mol. The van der Waals surface area contributed by atoms with Crippen molar-refractivity contribution in [3.05, 3.63) is 22.4 Å². The fraction of sp³-hybridized carbons (Fsp3) is 0.333. The molecule has 0 aliphatic heterocycles. The SMILES string of the molecule is COc1c(OCCN)ccc(Br)c1F. The number of benzene rings is 1. The van der Waals surface area contributed by atoms with Crippen molar-refractivity contribution in [2.24, 2.45) is 5.73 Å². The van der Waals surface area contributed by atoms with Crippen LogP contribution in [0.5, 0.6) is 11.5 Å². The molecule has 0 bridgehead atoms. The number of rotatable bonds is 4. The summed E-state index contributed by atoms with van der Waals surface area (Å²) in [5.74, 6) is -0.0199. The van der Waals surface area contributed by atoms with Crippen LogP contribution in [0.2, 0.25) is 0 Å². The number of nitrogens with two attached hydrogens (primary N) is 1. The van der Waals surface area contributed by atoms with E-state index in [0.29, 0.717) is 23.4 Å². The molecule has 0 aliphatic rings. The van der Waals surface area contributed by atoms with Gasteiger partial charge in [0.1, 0.15) is 6.61 Å². The molecule has 0 radical (unpaired) electrons. The summed E-state index contributed by atoms with van der Waals surface area (Å²) in [4.78, 5) is 0. The monoisotopic (exact) mass is 263 g/mol. The molecule has 3 nitrogen and oxygen atoms in total. The van der Waals surface area contributed by atoms with Crippen molar-refractivity contribution in [3.8, 4) is 11.5 Å². The number of hydrogen-bond acceptors (Lipinski definition) is 3. The summed E-state index contributed by atoms with van der Waals surface area (Å²) in [6, 6.07) is 3.19. The summed E-state index contributed by atoms with van der Waals surface area (Å²) in [5, 5.41) is 0. The van der Waals surface area contributed by atoms with Crippen molar-refractivity contribution in [3.63, 3.8) is 0 Å². The Morgan fingerprint density at radius 3 is 2.79 bits per heavy atom. The van der Waals surface area contributed by atoms with Gasteiger partial charge >= 0.3 is 0 Å². The summed E-state index contributed by atoms with van der Waals surface area (Å²) >= 11 is 3.05. The van der Waals surface area contributed by atoms with Gasteiger partial charge in [0.05, 0.1) is 11.6 Å². The lowest BCUT2D eigenvalue weighted by atomic mass is 10.3. The van der Waals surface area contributed by atoms with E-state index >= 15 is 0 Å². The van der Waals surface area contributed by atoms with E-state index < -0.39 is 5.82 Å². The Kier molecular flexibility index (Phi) is 4.16. The Morgan fingerprint density at radius 1 is 1.50 bits per heavy atom. The smallest absolute Gasteiger partial charge is 0.198 e. The Bertz CT molecular complexity index is 320. The number of methoxy groups -OCH3 is 1. The first-order valence-electron chi connectivity index (χ1n) is 4.05. The summed E-state index contributed by atoms with van der Waals surface area (Å²) in [6.07, 6.45) is 0. The van der Waals surface area contributed by atoms with Gasteiger partial charge in [0, 0.05) is 6.54 Å². The predicted molar refractivity (Wildman–Crippen MR) is 55.2 cm³/mol. The topological polar surface area (TPSA) is 44.5 Å². The molecule has 0 atom stereocenters. The third-order valence-corrected chi connectivity index (χ3v) is 2.21. The molecule has 0 heterocycles. The van der Waals surface area contributed by atoms with Crippen LogP contribution in [0.1, 0.15) is 0 Å². The third-order valence-electron chi connectivity index (χ3n) is 1.59. The van der Waals surface area contributed by atoms with Crippen molar-refractivity contribution < 1.29 is 13.9 Å². The van der Waals surface area contributed by atoms with E-state index in [4.69, 9.17) is 15.2 Å². The second-order valence-electron chi connectivity index (χ2n) is 2.53. The largest absolute Gasteiger partial charge is 0.490 e. The molecule has 1 aromatic carbocycles. The van der Waals surface area contributed by atoms with Crippen molar-refractivity contribution in [2.45, 2.75) is 0 Å². The van der Waals surface area contributed by atoms with Gasteiger partial charge in [-0.1, -0.05) is 0 Å². The van der Waals surface area contributed by atoms with Crippen LogP contribution in [-0.4, -0.2) is 20.3 Å². The van der Waals surface area contributed by atoms with E-state index in [1.807, 2.05) is 0 Å². The van der Waals surface area contributed by atoms with E-state index in [1.54, 1.807) is 12.1 Å². The Balaban J connectivity index is 2.98. The van der Waals surface area contributed by atoms with Crippen molar-refractivity contribution in [1.29, 1.82) is 0 Å². The van der Waals surface area contributed by atoms with Gasteiger partial charge < -0.3 is 15.2 Å². The van der Waals surface area contributed by atoms with E-state index in [1.165, 1.54) is 7.11 Å². The highest BCUT2D eigenvalue weighted by Crippen LogP contribution is 2.34. The zero-order valence-electron chi connectivity index (χ0n) is 7.72. The van der Waals surface area contributed by atoms with E-state index in [-0.39, 0.29) is 5.75 Å². The maximum absolute atomic E-state index is 13.4. The second-order valence-corrected chi connectivity index (χ2v) is 3.38. The zero-order chi connectivity index (χ0) is 10.6. The lowest BCUT2D eigenvalue weighted by molar-refractivity contribution is 0.294. The van der Waals surface area contributed by atoms with E-state index in [9.17, 15) is 4.39 Å². The molecule has 0 saturated carbocycles. The molecule has 1 rings (SSSR count). The maximum atomic E-state index is 13.4. The van der Waals surface area contributed by atoms with Crippen LogP contribution in [0.15, 0.2) is 16.6 Å². The highest BCUT2D eigenvalue weighted by Gasteiger charge is 2.13. The molecule has 0 amide bonds. The first kappa shape index (κ1) is 11.3. The summed E-state index contributed by atoms with van der Waals surface area (Å²) in [6.45, 7) is 0.707. The highest BCUT2D eigenvalue weighted by molar-refractivity contribution is 9.10. The predicted octanol–water partition coefficient (Wildman–Crippen LogP) is 1.93. The minimum Gasteiger partial charge on any atom is -0.490 e. The molecule has 14 heavy (non-hydrogen) atoms. The standard InChI is InChI=1S/C9H11BrFNO2/c1-13-9-7(14-5-4-12)3-2-6(10)8(9)11/h2-3H,4-5,12H2,1H3. The van der Waals surface area contributed by atoms with E-state index in [2.05, 4.69) is 15.9 Å². The molecule has 0 aliphatic carbocycles. The van der Waals surface area contributed by atoms with Gasteiger partial charge in [0.2, 0.25) is 0 Å². The lowest BCUT2D eigenvalue weighted by Crippen LogP contribution is -2.11. The van der Waals surface area contributed by atoms with Crippen LogP contribution in [0.3, 0.4) is 0 Å². The lowest BCUT2D eigenvalue weighted by Gasteiger charge is -2.11. The zero-order valence-corrected chi connectivity index (χ0v) is 9.30. The third kappa shape index (κ3) is 2.36. The first-order chi connectivity index (χ1) is 6.70. The van der Waals surface area contributed by atoms with Crippen LogP contribution in [0.25, 0.3) is 0 Å². The molecule has 1 aromatic rings. The van der Waals surface area contributed by atoms with Crippen molar-refractivity contribution in [1.82, 2.24) is 0 Å². The number of halogens is 2. The van der Waals surface area contributed by atoms with Crippen LogP contribution >= 0.6 is 15.9 Å². The Labute approximate surface area is 90.1 Å². The fourth-order valence-corrected chi connectivity index (χ4v) is 1.30. The van der Waals surface area contributed by atoms with Crippen LogP contribution in [0.4, 0.5) is 4.39 Å². The fourth-order valence-electron chi connectivity index (χ4n) is 0.987. The van der Waals surface area contributed by atoms with Crippen LogP contribution < -0.4 is 15.2 Å². The minimum atomic E-state index is -0.470. The molecule has 0 unspecified atom stereocenters. The van der Waals surface area contributed by atoms with Crippen LogP contribution in [0, 0.1) is 5.82 Å². The summed E-state index contributed by atoms with van der Waals surface area (Å²) in [7, 11) is 1.39. The molecule has 78 valence electrons. The molecule has 0 fully saturated rings. The molecule has 5 heteroatoms.